The van der Waals surface area contributed by atoms with E-state index in [1.165, 1.54) is 17.4 Å². The third kappa shape index (κ3) is 2.11. The Morgan fingerprint density at radius 2 is 2.08 bits per heavy atom. The first-order valence-corrected chi connectivity index (χ1v) is 5.20. The first-order valence-electron chi connectivity index (χ1n) is 2.79. The van der Waals surface area contributed by atoms with Crippen LogP contribution in [-0.4, -0.2) is 12.2 Å². The molecule has 0 aliphatic heterocycles. The topological polar surface area (TPSA) is 17.1 Å². The fourth-order valence-corrected chi connectivity index (χ4v) is 3.44. The van der Waals surface area contributed by atoms with Gasteiger partial charge in [-0.15, -0.1) is 11.3 Å². The lowest BCUT2D eigenvalue weighted by Crippen LogP contribution is -2.09. The van der Waals surface area contributed by atoms with E-state index in [1.54, 1.807) is 0 Å². The van der Waals surface area contributed by atoms with Gasteiger partial charge in [0.15, 0.2) is 0 Å². The summed E-state index contributed by atoms with van der Waals surface area (Å²) < 4.78 is 24.9. The second kappa shape index (κ2) is 3.93. The smallest absolute Gasteiger partial charge is 0.288 e. The molecule has 1 heterocycles. The van der Waals surface area contributed by atoms with Gasteiger partial charge in [-0.05, 0) is 37.9 Å². The number of rotatable bonds is 2. The van der Waals surface area contributed by atoms with Crippen molar-refractivity contribution in [1.29, 1.82) is 0 Å². The lowest BCUT2D eigenvalue weighted by molar-refractivity contribution is 0.0678. The van der Waals surface area contributed by atoms with Gasteiger partial charge in [0.25, 0.3) is 0 Å². The highest BCUT2D eigenvalue weighted by atomic mass is 79.9. The molecule has 66 valence electrons. The number of carbonyl (C=O) groups excluding carboxylic acids is 1. The molecule has 0 aromatic carbocycles. The van der Waals surface area contributed by atoms with Gasteiger partial charge in [0.2, 0.25) is 5.78 Å². The molecule has 0 fully saturated rings. The van der Waals surface area contributed by atoms with E-state index in [0.29, 0.717) is 7.57 Å². The fourth-order valence-electron chi connectivity index (χ4n) is 0.626. The molecule has 0 aliphatic carbocycles. The van der Waals surface area contributed by atoms with Crippen molar-refractivity contribution in [3.8, 4) is 0 Å². The molecular formula is C6H2Br2F2OS. The summed E-state index contributed by atoms with van der Waals surface area (Å²) in [6, 6.07) is 1.38. The molecule has 1 rings (SSSR count). The van der Waals surface area contributed by atoms with Crippen LogP contribution >= 0.6 is 43.2 Å². The zero-order chi connectivity index (χ0) is 9.30. The third-order valence-corrected chi connectivity index (χ3v) is 3.46. The van der Waals surface area contributed by atoms with Crippen molar-refractivity contribution in [2.45, 2.75) is 6.43 Å². The Kier molecular flexibility index (Phi) is 3.37. The van der Waals surface area contributed by atoms with Gasteiger partial charge in [-0.1, -0.05) is 0 Å². The van der Waals surface area contributed by atoms with Crippen molar-refractivity contribution in [1.82, 2.24) is 0 Å². The van der Waals surface area contributed by atoms with Gasteiger partial charge in [0, 0.05) is 5.56 Å². The molecule has 0 atom stereocenters. The Morgan fingerprint density at radius 1 is 1.50 bits per heavy atom. The molecule has 0 spiro atoms. The number of carbonyl (C=O) groups is 1. The van der Waals surface area contributed by atoms with Crippen LogP contribution in [0.25, 0.3) is 0 Å². The predicted molar refractivity (Wildman–Crippen MR) is 50.1 cm³/mol. The second-order valence-electron chi connectivity index (χ2n) is 1.90. The average molecular weight is 320 g/mol. The summed E-state index contributed by atoms with van der Waals surface area (Å²) >= 11 is 7.31. The number of halogens is 4. The number of ketones is 1. The van der Waals surface area contributed by atoms with Crippen LogP contribution in [0.1, 0.15) is 10.4 Å². The second-order valence-corrected chi connectivity index (χ2v) is 5.65. The summed E-state index contributed by atoms with van der Waals surface area (Å²) in [5, 5.41) is 0. The van der Waals surface area contributed by atoms with E-state index in [-0.39, 0.29) is 5.56 Å². The number of hydrogen-bond donors (Lipinski definition) is 0. The molecule has 0 N–H and O–H groups in total. The van der Waals surface area contributed by atoms with Crippen LogP contribution < -0.4 is 0 Å². The van der Waals surface area contributed by atoms with Crippen LogP contribution in [0.3, 0.4) is 0 Å². The van der Waals surface area contributed by atoms with E-state index in [2.05, 4.69) is 31.9 Å². The molecule has 0 saturated carbocycles. The summed E-state index contributed by atoms with van der Waals surface area (Å²) in [5.41, 5.74) is 0.0295. The van der Waals surface area contributed by atoms with E-state index in [4.69, 9.17) is 0 Å². The van der Waals surface area contributed by atoms with Gasteiger partial charge in [-0.3, -0.25) is 4.79 Å². The monoisotopic (exact) mass is 318 g/mol. The van der Waals surface area contributed by atoms with Gasteiger partial charge in [0.05, 0.1) is 7.57 Å². The number of Topliss-reactive ketones (excluding diaryl/α,β-unsaturated/α-hetero) is 1. The maximum atomic E-state index is 11.9. The SMILES string of the molecule is O=C(c1cc(Br)sc1Br)C(F)F. The Balaban J connectivity index is 3.02. The van der Waals surface area contributed by atoms with Gasteiger partial charge >= 0.3 is 6.43 Å². The van der Waals surface area contributed by atoms with Crippen LogP contribution in [-0.2, 0) is 0 Å². The maximum Gasteiger partial charge on any atom is 0.300 e. The zero-order valence-corrected chi connectivity index (χ0v) is 9.47. The lowest BCUT2D eigenvalue weighted by Gasteiger charge is -1.94. The average Bonchev–Trinajstić information content (AvgIpc) is 2.28. The quantitative estimate of drug-likeness (QED) is 0.759. The van der Waals surface area contributed by atoms with E-state index in [0.717, 1.165) is 0 Å². The summed E-state index contributed by atoms with van der Waals surface area (Å²) in [6.45, 7) is 0. The Bertz CT molecular complexity index is 310. The van der Waals surface area contributed by atoms with Crippen molar-refractivity contribution in [3.05, 3.63) is 19.2 Å². The molecule has 0 aliphatic rings. The molecule has 0 radical (unpaired) electrons. The minimum atomic E-state index is -2.94. The standard InChI is InChI=1S/C6H2Br2F2OS/c7-3-1-2(5(8)12-3)4(11)6(9)10/h1,6H. The minimum Gasteiger partial charge on any atom is -0.288 e. The normalized spacial score (nSPS) is 10.8. The minimum absolute atomic E-state index is 0.0295. The van der Waals surface area contributed by atoms with Crippen LogP contribution in [0.2, 0.25) is 0 Å². The molecule has 1 aromatic heterocycles. The van der Waals surface area contributed by atoms with Crippen molar-refractivity contribution in [2.24, 2.45) is 0 Å². The van der Waals surface area contributed by atoms with E-state index in [9.17, 15) is 13.6 Å². The number of hydrogen-bond acceptors (Lipinski definition) is 2. The molecule has 1 nitrogen and oxygen atoms in total. The number of alkyl halides is 2. The molecular weight excluding hydrogens is 318 g/mol. The van der Waals surface area contributed by atoms with Crippen molar-refractivity contribution in [2.75, 3.05) is 0 Å². The molecule has 0 amide bonds. The highest BCUT2D eigenvalue weighted by Crippen LogP contribution is 2.32. The Hall–Kier alpha value is 0.190. The summed E-state index contributed by atoms with van der Waals surface area (Å²) in [6.07, 6.45) is -2.94. The highest BCUT2D eigenvalue weighted by Gasteiger charge is 2.21. The van der Waals surface area contributed by atoms with Gasteiger partial charge in [-0.2, -0.15) is 0 Å². The molecule has 12 heavy (non-hydrogen) atoms. The Morgan fingerprint density at radius 3 is 2.42 bits per heavy atom. The first kappa shape index (κ1) is 10.3. The third-order valence-electron chi connectivity index (χ3n) is 1.12. The molecule has 1 aromatic rings. The predicted octanol–water partition coefficient (Wildman–Crippen LogP) is 3.72. The largest absolute Gasteiger partial charge is 0.300 e. The fraction of sp³-hybridized carbons (Fsp3) is 0.167. The van der Waals surface area contributed by atoms with E-state index >= 15 is 0 Å². The van der Waals surface area contributed by atoms with Crippen molar-refractivity contribution >= 4 is 49.0 Å². The summed E-state index contributed by atoms with van der Waals surface area (Å²) in [7, 11) is 0. The van der Waals surface area contributed by atoms with Crippen LogP contribution in [0.15, 0.2) is 13.6 Å². The van der Waals surface area contributed by atoms with Crippen molar-refractivity contribution in [3.63, 3.8) is 0 Å². The van der Waals surface area contributed by atoms with E-state index in [1.807, 2.05) is 0 Å². The molecule has 0 bridgehead atoms. The van der Waals surface area contributed by atoms with Gasteiger partial charge < -0.3 is 0 Å². The number of thiophene rings is 1. The Labute approximate surface area is 88.0 Å². The lowest BCUT2D eigenvalue weighted by atomic mass is 10.2. The molecule has 0 saturated heterocycles. The summed E-state index contributed by atoms with van der Waals surface area (Å²) in [5.74, 6) is -1.15. The van der Waals surface area contributed by atoms with Gasteiger partial charge in [-0.25, -0.2) is 8.78 Å². The van der Waals surface area contributed by atoms with Crippen LogP contribution in [0.5, 0.6) is 0 Å². The molecule has 0 unspecified atom stereocenters. The highest BCUT2D eigenvalue weighted by molar-refractivity contribution is 9.12. The summed E-state index contributed by atoms with van der Waals surface area (Å²) in [4.78, 5) is 10.8. The maximum absolute atomic E-state index is 11.9. The van der Waals surface area contributed by atoms with Gasteiger partial charge in [0.1, 0.15) is 0 Å². The molecule has 6 heteroatoms. The van der Waals surface area contributed by atoms with Crippen LogP contribution in [0, 0.1) is 0 Å². The van der Waals surface area contributed by atoms with Crippen LogP contribution in [0.4, 0.5) is 8.78 Å². The van der Waals surface area contributed by atoms with E-state index < -0.39 is 12.2 Å². The first-order chi connectivity index (χ1) is 5.52. The zero-order valence-electron chi connectivity index (χ0n) is 5.48. The van der Waals surface area contributed by atoms with Crippen molar-refractivity contribution < 1.29 is 13.6 Å².